The molecular weight excluding hydrogens is 504 g/mol. The van der Waals surface area contributed by atoms with Gasteiger partial charge in [0.25, 0.3) is 5.91 Å². The first kappa shape index (κ1) is 25.5. The lowest BCUT2D eigenvalue weighted by Crippen LogP contribution is -2.50. The fourth-order valence-corrected chi connectivity index (χ4v) is 4.97. The van der Waals surface area contributed by atoms with Crippen molar-refractivity contribution in [2.45, 2.75) is 19.1 Å². The van der Waals surface area contributed by atoms with Crippen molar-refractivity contribution in [3.8, 4) is 6.07 Å². The minimum atomic E-state index is -1.25. The largest absolute Gasteiger partial charge is 0.479 e. The molecule has 0 aliphatic carbocycles. The van der Waals surface area contributed by atoms with E-state index in [0.717, 1.165) is 5.70 Å². The van der Waals surface area contributed by atoms with Crippen molar-refractivity contribution >= 4 is 23.3 Å². The molecule has 38 heavy (non-hydrogen) atoms. The second-order valence-corrected chi connectivity index (χ2v) is 9.40. The van der Waals surface area contributed by atoms with Crippen LogP contribution >= 0.6 is 11.6 Å². The maximum absolute atomic E-state index is 12.8. The Morgan fingerprint density at radius 3 is 2.71 bits per heavy atom. The summed E-state index contributed by atoms with van der Waals surface area (Å²) >= 11 is 6.01. The number of allylic oxidation sites excluding steroid dienone is 5. The molecule has 0 spiro atoms. The summed E-state index contributed by atoms with van der Waals surface area (Å²) in [7, 11) is 0. The SMILES string of the molecule is CCOC1=CC=CC2=CC=C(C#N)[C@H](c3cnc(N4CCN(C(=O)C(O)c5cccc(Cl)c5)CC4)cn3)N21. The van der Waals surface area contributed by atoms with Crippen molar-refractivity contribution in [2.24, 2.45) is 0 Å². The Kier molecular flexibility index (Phi) is 7.45. The van der Waals surface area contributed by atoms with Crippen LogP contribution in [-0.2, 0) is 9.53 Å². The molecule has 1 amide bonds. The summed E-state index contributed by atoms with van der Waals surface area (Å²) < 4.78 is 5.84. The molecule has 1 N–H and O–H groups in total. The summed E-state index contributed by atoms with van der Waals surface area (Å²) in [6.45, 7) is 4.41. The molecule has 0 bridgehead atoms. The monoisotopic (exact) mass is 530 g/mol. The summed E-state index contributed by atoms with van der Waals surface area (Å²) in [6, 6.07) is 8.54. The topological polar surface area (TPSA) is 106 Å². The molecule has 10 heteroatoms. The first-order chi connectivity index (χ1) is 18.5. The molecule has 3 aliphatic heterocycles. The Morgan fingerprint density at radius 2 is 2.03 bits per heavy atom. The summed E-state index contributed by atoms with van der Waals surface area (Å²) in [5.41, 5.74) is 2.56. The Balaban J connectivity index is 1.27. The van der Waals surface area contributed by atoms with Crippen molar-refractivity contribution in [2.75, 3.05) is 37.7 Å². The van der Waals surface area contributed by atoms with E-state index in [9.17, 15) is 15.2 Å². The van der Waals surface area contributed by atoms with Crippen molar-refractivity contribution in [1.29, 1.82) is 5.26 Å². The minimum Gasteiger partial charge on any atom is -0.479 e. The van der Waals surface area contributed by atoms with Gasteiger partial charge in [0.05, 0.1) is 36.3 Å². The number of anilines is 1. The van der Waals surface area contributed by atoms with Crippen molar-refractivity contribution < 1.29 is 14.6 Å². The lowest BCUT2D eigenvalue weighted by molar-refractivity contribution is -0.140. The quantitative estimate of drug-likeness (QED) is 0.603. The zero-order valence-corrected chi connectivity index (χ0v) is 21.6. The summed E-state index contributed by atoms with van der Waals surface area (Å²) in [4.78, 5) is 27.8. The van der Waals surface area contributed by atoms with Gasteiger partial charge in [-0.2, -0.15) is 5.26 Å². The van der Waals surface area contributed by atoms with Crippen LogP contribution in [0, 0.1) is 11.3 Å². The fourth-order valence-electron chi connectivity index (χ4n) is 4.77. The van der Waals surface area contributed by atoms with Gasteiger partial charge in [0.1, 0.15) is 11.9 Å². The van der Waals surface area contributed by atoms with Crippen LogP contribution in [0.25, 0.3) is 0 Å². The summed E-state index contributed by atoms with van der Waals surface area (Å²) in [6.07, 6.45) is 11.6. The third-order valence-electron chi connectivity index (χ3n) is 6.68. The number of hydrogen-bond acceptors (Lipinski definition) is 8. The molecule has 2 atom stereocenters. The van der Waals surface area contributed by atoms with Gasteiger partial charge in [-0.1, -0.05) is 29.8 Å². The number of aliphatic hydroxyl groups excluding tert-OH is 1. The highest BCUT2D eigenvalue weighted by atomic mass is 35.5. The highest BCUT2D eigenvalue weighted by Gasteiger charge is 2.34. The maximum atomic E-state index is 12.8. The number of nitrogens with zero attached hydrogens (tertiary/aromatic N) is 6. The van der Waals surface area contributed by atoms with E-state index in [1.807, 2.05) is 36.1 Å². The van der Waals surface area contributed by atoms with Gasteiger partial charge in [-0.25, -0.2) is 4.98 Å². The predicted octanol–water partition coefficient (Wildman–Crippen LogP) is 3.65. The number of amides is 1. The van der Waals surface area contributed by atoms with Gasteiger partial charge in [-0.3, -0.25) is 14.7 Å². The summed E-state index contributed by atoms with van der Waals surface area (Å²) in [5.74, 6) is 0.988. The molecule has 1 saturated heterocycles. The smallest absolute Gasteiger partial charge is 0.256 e. The van der Waals surface area contributed by atoms with Gasteiger partial charge < -0.3 is 19.6 Å². The molecule has 5 rings (SSSR count). The molecule has 0 radical (unpaired) electrons. The van der Waals surface area contributed by atoms with Gasteiger partial charge in [-0.05, 0) is 48.9 Å². The number of fused-ring (bicyclic) bond motifs is 1. The third kappa shape index (κ3) is 5.01. The minimum absolute atomic E-state index is 0.348. The van der Waals surface area contributed by atoms with Crippen LogP contribution in [0.1, 0.15) is 30.3 Å². The molecular formula is C28H27ClN6O3. The zero-order chi connectivity index (χ0) is 26.6. The number of hydrogen-bond donors (Lipinski definition) is 1. The van der Waals surface area contributed by atoms with Crippen LogP contribution in [0.15, 0.2) is 84.2 Å². The molecule has 1 fully saturated rings. The van der Waals surface area contributed by atoms with Crippen LogP contribution in [0.5, 0.6) is 0 Å². The molecule has 1 aromatic heterocycles. The van der Waals surface area contributed by atoms with E-state index >= 15 is 0 Å². The lowest BCUT2D eigenvalue weighted by atomic mass is 9.97. The van der Waals surface area contributed by atoms with Crippen LogP contribution in [0.4, 0.5) is 5.82 Å². The van der Waals surface area contributed by atoms with E-state index in [-0.39, 0.29) is 5.91 Å². The number of aliphatic hydroxyl groups is 1. The average Bonchev–Trinajstić information content (AvgIpc) is 2.96. The second-order valence-electron chi connectivity index (χ2n) is 8.96. The Morgan fingerprint density at radius 1 is 1.21 bits per heavy atom. The number of piperazine rings is 1. The normalized spacial score (nSPS) is 19.6. The summed E-state index contributed by atoms with van der Waals surface area (Å²) in [5, 5.41) is 20.8. The Bertz CT molecular complexity index is 1370. The number of benzene rings is 1. The van der Waals surface area contributed by atoms with E-state index < -0.39 is 12.1 Å². The van der Waals surface area contributed by atoms with E-state index in [4.69, 9.17) is 16.3 Å². The van der Waals surface area contributed by atoms with Gasteiger partial charge >= 0.3 is 0 Å². The lowest BCUT2D eigenvalue weighted by Gasteiger charge is -2.38. The highest BCUT2D eigenvalue weighted by Crippen LogP contribution is 2.39. The molecule has 0 saturated carbocycles. The molecule has 2 aromatic rings. The van der Waals surface area contributed by atoms with E-state index in [1.54, 1.807) is 47.6 Å². The van der Waals surface area contributed by atoms with Gasteiger partial charge in [-0.15, -0.1) is 0 Å². The number of carbonyl (C=O) groups is 1. The van der Waals surface area contributed by atoms with Crippen molar-refractivity contribution in [3.63, 3.8) is 0 Å². The fraction of sp³-hybridized carbons (Fsp3) is 0.286. The highest BCUT2D eigenvalue weighted by molar-refractivity contribution is 6.30. The number of carbonyl (C=O) groups excluding carboxylic acids is 1. The van der Waals surface area contributed by atoms with Crippen LogP contribution in [0.3, 0.4) is 0 Å². The van der Waals surface area contributed by atoms with E-state index in [0.29, 0.717) is 66.3 Å². The Labute approximate surface area is 226 Å². The molecule has 4 heterocycles. The third-order valence-corrected chi connectivity index (χ3v) is 6.92. The number of rotatable bonds is 6. The van der Waals surface area contributed by atoms with Gasteiger partial charge in [0, 0.05) is 36.9 Å². The number of nitriles is 1. The van der Waals surface area contributed by atoms with Gasteiger partial charge in [0.15, 0.2) is 12.0 Å². The first-order valence-electron chi connectivity index (χ1n) is 12.4. The number of aromatic nitrogens is 2. The van der Waals surface area contributed by atoms with Crippen molar-refractivity contribution in [1.82, 2.24) is 19.8 Å². The first-order valence-corrected chi connectivity index (χ1v) is 12.8. The Hall–Kier alpha value is -4.13. The van der Waals surface area contributed by atoms with Crippen LogP contribution in [-0.4, -0.2) is 63.6 Å². The average molecular weight is 531 g/mol. The van der Waals surface area contributed by atoms with E-state index in [1.165, 1.54) is 0 Å². The maximum Gasteiger partial charge on any atom is 0.256 e. The number of halogens is 1. The second kappa shape index (κ2) is 11.1. The van der Waals surface area contributed by atoms with Crippen LogP contribution < -0.4 is 4.90 Å². The zero-order valence-electron chi connectivity index (χ0n) is 20.9. The molecule has 3 aliphatic rings. The molecule has 194 valence electrons. The van der Waals surface area contributed by atoms with Gasteiger partial charge in [0.2, 0.25) is 0 Å². The van der Waals surface area contributed by atoms with E-state index in [2.05, 4.69) is 20.9 Å². The van der Waals surface area contributed by atoms with Crippen LogP contribution in [0.2, 0.25) is 5.02 Å². The molecule has 9 nitrogen and oxygen atoms in total. The number of ether oxygens (including phenoxy) is 1. The molecule has 1 aromatic carbocycles. The predicted molar refractivity (Wildman–Crippen MR) is 142 cm³/mol. The molecule has 1 unspecified atom stereocenters. The van der Waals surface area contributed by atoms with Crippen molar-refractivity contribution in [3.05, 3.63) is 100 Å². The standard InChI is InChI=1S/C28H27ClN6O3/c1-2-38-25-8-4-7-22-10-9-20(16-30)26(35(22)25)23-17-32-24(18-31-23)33-11-13-34(14-12-33)28(37)27(36)19-5-3-6-21(29)15-19/h3-10,15,17-18,26-27,36H,2,11-14H2,1H3/t26-,27?/m1/s1.